The molecule has 0 unspecified atom stereocenters. The highest BCUT2D eigenvalue weighted by atomic mass is 35.5. The highest BCUT2D eigenvalue weighted by Crippen LogP contribution is 2.20. The zero-order chi connectivity index (χ0) is 17.4. The first kappa shape index (κ1) is 21.4. The number of halogens is 1. The number of nitrogens with zero attached hydrogens (tertiary/aromatic N) is 1. The Hall–Kier alpha value is -1.67. The Kier molecular flexibility index (Phi) is 9.44. The van der Waals surface area contributed by atoms with Gasteiger partial charge in [-0.1, -0.05) is 12.1 Å². The average Bonchev–Trinajstić information content (AvgIpc) is 3.03. The highest BCUT2D eigenvalue weighted by molar-refractivity contribution is 7.09. The van der Waals surface area contributed by atoms with Crippen molar-refractivity contribution in [2.75, 3.05) is 26.9 Å². The molecule has 138 valence electrons. The van der Waals surface area contributed by atoms with Crippen molar-refractivity contribution in [1.82, 2.24) is 10.3 Å². The lowest BCUT2D eigenvalue weighted by Crippen LogP contribution is -2.23. The minimum absolute atomic E-state index is 0. The maximum absolute atomic E-state index is 12.2. The van der Waals surface area contributed by atoms with Gasteiger partial charge in [0, 0.05) is 31.0 Å². The Morgan fingerprint density at radius 2 is 2.16 bits per heavy atom. The van der Waals surface area contributed by atoms with Gasteiger partial charge in [0.2, 0.25) is 0 Å². The molecule has 8 heteroatoms. The molecular weight excluding hydrogens is 362 g/mol. The summed E-state index contributed by atoms with van der Waals surface area (Å²) >= 11 is 1.45. The fourth-order valence-corrected chi connectivity index (χ4v) is 2.89. The lowest BCUT2D eigenvalue weighted by atomic mass is 10.1. The number of carbonyl (C=O) groups excluding carboxylic acids is 1. The van der Waals surface area contributed by atoms with E-state index in [1.54, 1.807) is 12.5 Å². The van der Waals surface area contributed by atoms with Gasteiger partial charge in [-0.2, -0.15) is 0 Å². The molecule has 1 heterocycles. The van der Waals surface area contributed by atoms with Crippen molar-refractivity contribution in [3.8, 4) is 5.75 Å². The SMILES string of the molecule is COCCOc1cc(C)ccc1CNC(=O)c1csc(CCN)n1.Cl. The highest BCUT2D eigenvalue weighted by Gasteiger charge is 2.12. The Bertz CT molecular complexity index is 679. The second kappa shape index (κ2) is 11.0. The van der Waals surface area contributed by atoms with E-state index in [2.05, 4.69) is 10.3 Å². The molecule has 1 amide bonds. The number of aromatic nitrogens is 1. The second-order valence-electron chi connectivity index (χ2n) is 5.30. The molecule has 6 nitrogen and oxygen atoms in total. The number of thiazole rings is 1. The molecule has 1 aromatic heterocycles. The summed E-state index contributed by atoms with van der Waals surface area (Å²) < 4.78 is 10.7. The first-order valence-electron chi connectivity index (χ1n) is 7.78. The van der Waals surface area contributed by atoms with E-state index >= 15 is 0 Å². The molecule has 2 aromatic rings. The monoisotopic (exact) mass is 385 g/mol. The van der Waals surface area contributed by atoms with Crippen LogP contribution in [0.3, 0.4) is 0 Å². The van der Waals surface area contributed by atoms with Gasteiger partial charge in [-0.25, -0.2) is 4.98 Å². The molecule has 0 fully saturated rings. The van der Waals surface area contributed by atoms with Gasteiger partial charge in [0.05, 0.1) is 11.6 Å². The summed E-state index contributed by atoms with van der Waals surface area (Å²) in [5, 5.41) is 5.52. The fraction of sp³-hybridized carbons (Fsp3) is 0.412. The number of carbonyl (C=O) groups is 1. The van der Waals surface area contributed by atoms with Gasteiger partial charge in [-0.15, -0.1) is 23.7 Å². The third-order valence-corrected chi connectivity index (χ3v) is 4.26. The second-order valence-corrected chi connectivity index (χ2v) is 6.24. The molecule has 1 aromatic carbocycles. The molecule has 2 rings (SSSR count). The van der Waals surface area contributed by atoms with Crippen LogP contribution in [0.5, 0.6) is 5.75 Å². The van der Waals surface area contributed by atoms with Crippen LogP contribution in [-0.2, 0) is 17.7 Å². The molecule has 0 radical (unpaired) electrons. The van der Waals surface area contributed by atoms with E-state index in [0.29, 0.717) is 38.4 Å². The number of nitrogens with one attached hydrogen (secondary N) is 1. The molecule has 0 aliphatic heterocycles. The molecule has 0 aliphatic rings. The first-order chi connectivity index (χ1) is 11.6. The van der Waals surface area contributed by atoms with E-state index in [0.717, 1.165) is 21.9 Å². The van der Waals surface area contributed by atoms with E-state index in [-0.39, 0.29) is 18.3 Å². The van der Waals surface area contributed by atoms with Gasteiger partial charge in [-0.05, 0) is 25.1 Å². The maximum atomic E-state index is 12.2. The van der Waals surface area contributed by atoms with E-state index < -0.39 is 0 Å². The van der Waals surface area contributed by atoms with Crippen LogP contribution in [0.15, 0.2) is 23.6 Å². The van der Waals surface area contributed by atoms with Crippen LogP contribution in [0.25, 0.3) is 0 Å². The van der Waals surface area contributed by atoms with E-state index in [1.807, 2.05) is 25.1 Å². The number of aryl methyl sites for hydroxylation is 1. The van der Waals surface area contributed by atoms with Crippen molar-refractivity contribution in [2.24, 2.45) is 5.73 Å². The zero-order valence-corrected chi connectivity index (χ0v) is 16.0. The van der Waals surface area contributed by atoms with Gasteiger partial charge in [-0.3, -0.25) is 4.79 Å². The van der Waals surface area contributed by atoms with Crippen LogP contribution >= 0.6 is 23.7 Å². The topological polar surface area (TPSA) is 86.5 Å². The fourth-order valence-electron chi connectivity index (χ4n) is 2.10. The largest absolute Gasteiger partial charge is 0.491 e. The molecule has 0 aliphatic carbocycles. The molecule has 0 spiro atoms. The van der Waals surface area contributed by atoms with Crippen molar-refractivity contribution in [3.05, 3.63) is 45.4 Å². The van der Waals surface area contributed by atoms with Crippen molar-refractivity contribution < 1.29 is 14.3 Å². The average molecular weight is 386 g/mol. The normalized spacial score (nSPS) is 10.2. The summed E-state index contributed by atoms with van der Waals surface area (Å²) in [5.74, 6) is 0.562. The summed E-state index contributed by atoms with van der Waals surface area (Å²) in [5.41, 5.74) is 7.95. The number of rotatable bonds is 9. The summed E-state index contributed by atoms with van der Waals surface area (Å²) in [6, 6.07) is 5.91. The number of hydrogen-bond donors (Lipinski definition) is 2. The molecule has 3 N–H and O–H groups in total. The summed E-state index contributed by atoms with van der Waals surface area (Å²) in [4.78, 5) is 16.5. The van der Waals surface area contributed by atoms with Gasteiger partial charge < -0.3 is 20.5 Å². The summed E-state index contributed by atoms with van der Waals surface area (Å²) in [6.45, 7) is 3.89. The summed E-state index contributed by atoms with van der Waals surface area (Å²) in [7, 11) is 1.63. The lowest BCUT2D eigenvalue weighted by molar-refractivity contribution is 0.0945. The molecular formula is C17H24ClN3O3S. The van der Waals surface area contributed by atoms with Crippen LogP contribution in [0.2, 0.25) is 0 Å². The van der Waals surface area contributed by atoms with Gasteiger partial charge in [0.15, 0.2) is 0 Å². The predicted molar refractivity (Wildman–Crippen MR) is 102 cm³/mol. The van der Waals surface area contributed by atoms with Crippen LogP contribution in [-0.4, -0.2) is 37.8 Å². The molecule has 0 bridgehead atoms. The van der Waals surface area contributed by atoms with Crippen LogP contribution in [0.1, 0.15) is 26.6 Å². The number of methoxy groups -OCH3 is 1. The first-order valence-corrected chi connectivity index (χ1v) is 8.66. The Labute approximate surface area is 158 Å². The minimum atomic E-state index is -0.196. The number of ether oxygens (including phenoxy) is 2. The Balaban J connectivity index is 0.00000312. The third kappa shape index (κ3) is 6.62. The Morgan fingerprint density at radius 1 is 1.36 bits per heavy atom. The number of nitrogens with two attached hydrogens (primary N) is 1. The third-order valence-electron chi connectivity index (χ3n) is 3.35. The smallest absolute Gasteiger partial charge is 0.271 e. The van der Waals surface area contributed by atoms with Gasteiger partial charge in [0.25, 0.3) is 5.91 Å². The number of hydrogen-bond acceptors (Lipinski definition) is 6. The van der Waals surface area contributed by atoms with Gasteiger partial charge >= 0.3 is 0 Å². The van der Waals surface area contributed by atoms with Gasteiger partial charge in [0.1, 0.15) is 18.1 Å². The molecule has 25 heavy (non-hydrogen) atoms. The van der Waals surface area contributed by atoms with Crippen molar-refractivity contribution in [2.45, 2.75) is 19.9 Å². The maximum Gasteiger partial charge on any atom is 0.271 e. The number of amides is 1. The minimum Gasteiger partial charge on any atom is -0.491 e. The van der Waals surface area contributed by atoms with Crippen LogP contribution in [0, 0.1) is 6.92 Å². The quantitative estimate of drug-likeness (QED) is 0.647. The van der Waals surface area contributed by atoms with Crippen LogP contribution in [0.4, 0.5) is 0 Å². The zero-order valence-electron chi connectivity index (χ0n) is 14.4. The molecule has 0 saturated heterocycles. The van der Waals surface area contributed by atoms with Crippen molar-refractivity contribution in [1.29, 1.82) is 0 Å². The lowest BCUT2D eigenvalue weighted by Gasteiger charge is -2.12. The van der Waals surface area contributed by atoms with E-state index in [1.165, 1.54) is 11.3 Å². The van der Waals surface area contributed by atoms with E-state index in [9.17, 15) is 4.79 Å². The Morgan fingerprint density at radius 3 is 2.88 bits per heavy atom. The number of benzene rings is 1. The standard InChI is InChI=1S/C17H23N3O3S.ClH/c1-12-3-4-13(15(9-12)23-8-7-22-2)10-19-17(21)14-11-24-16(20-14)5-6-18;/h3-4,9,11H,5-8,10,18H2,1-2H3,(H,19,21);1H. The molecule has 0 saturated carbocycles. The predicted octanol–water partition coefficient (Wildman–Crippen LogP) is 2.33. The van der Waals surface area contributed by atoms with Crippen LogP contribution < -0.4 is 15.8 Å². The van der Waals surface area contributed by atoms with E-state index in [4.69, 9.17) is 15.2 Å². The van der Waals surface area contributed by atoms with Crippen molar-refractivity contribution >= 4 is 29.7 Å². The summed E-state index contributed by atoms with van der Waals surface area (Å²) in [6.07, 6.45) is 0.688. The molecule has 0 atom stereocenters. The van der Waals surface area contributed by atoms with Crippen molar-refractivity contribution in [3.63, 3.8) is 0 Å².